The molecular weight excluding hydrogens is 549 g/mol. The van der Waals surface area contributed by atoms with E-state index in [1.165, 1.54) is 13.8 Å². The summed E-state index contributed by atoms with van der Waals surface area (Å²) in [4.78, 5) is 45.6. The van der Waals surface area contributed by atoms with Crippen molar-refractivity contribution < 1.29 is 28.6 Å². The fourth-order valence-electron chi connectivity index (χ4n) is 8.04. The lowest BCUT2D eigenvalue weighted by Crippen LogP contribution is -2.45. The Labute approximate surface area is 252 Å². The third-order valence-electron chi connectivity index (χ3n) is 10.1. The van der Waals surface area contributed by atoms with Gasteiger partial charge < -0.3 is 24.5 Å². The fraction of sp³-hybridized carbons (Fsp3) is 0.559. The highest BCUT2D eigenvalue weighted by molar-refractivity contribution is 6.07. The Morgan fingerprint density at radius 1 is 1.07 bits per heavy atom. The number of benzene rings is 2. The number of hydrogen-bond donors (Lipinski definition) is 1. The molecule has 4 heterocycles. The van der Waals surface area contributed by atoms with Gasteiger partial charge in [0, 0.05) is 42.6 Å². The number of para-hydroxylation sites is 1. The number of nitrogens with zero attached hydrogens (tertiary/aromatic N) is 3. The second-order valence-corrected chi connectivity index (χ2v) is 13.1. The van der Waals surface area contributed by atoms with Crippen LogP contribution in [0.1, 0.15) is 70.4 Å². The van der Waals surface area contributed by atoms with Crippen LogP contribution in [0.25, 0.3) is 0 Å². The molecule has 0 aromatic heterocycles. The number of anilines is 2. The number of fused-ring (bicyclic) bond motifs is 2. The van der Waals surface area contributed by atoms with Crippen LogP contribution in [0.15, 0.2) is 48.5 Å². The zero-order chi connectivity index (χ0) is 30.5. The average molecular weight is 592 g/mol. The number of amides is 3. The molecule has 6 rings (SSSR count). The van der Waals surface area contributed by atoms with Gasteiger partial charge >= 0.3 is 0 Å². The van der Waals surface area contributed by atoms with Crippen molar-refractivity contribution in [3.05, 3.63) is 59.7 Å². The molecule has 2 aromatic carbocycles. The van der Waals surface area contributed by atoms with Gasteiger partial charge in [0.25, 0.3) is 5.91 Å². The van der Waals surface area contributed by atoms with Gasteiger partial charge in [-0.25, -0.2) is 4.39 Å². The van der Waals surface area contributed by atoms with Crippen LogP contribution in [0.2, 0.25) is 0 Å². The van der Waals surface area contributed by atoms with Gasteiger partial charge in [-0.05, 0) is 63.3 Å². The standard InChI is InChI=1S/C34H42FN3O5/c1-22-31(33(2,3)35)28(19-30(41)37-18-8-9-25(37)21-39)43-34(22)26-10-4-5-11-27(26)38(32(34)42)20-23-13-15-24(16-14-23)36-17-7-6-12-29(36)40/h4-5,10-11,13-16,22,25,28,31,39H,6-9,12,17-21H2,1-3H3/t22-,25+,28+,31-,34+/m1/s1. The summed E-state index contributed by atoms with van der Waals surface area (Å²) in [5, 5.41) is 9.77. The summed E-state index contributed by atoms with van der Waals surface area (Å²) in [6, 6.07) is 15.0. The third kappa shape index (κ3) is 5.04. The van der Waals surface area contributed by atoms with E-state index in [1.54, 1.807) is 9.80 Å². The normalized spacial score (nSPS) is 29.2. The molecule has 3 fully saturated rings. The van der Waals surface area contributed by atoms with E-state index in [0.29, 0.717) is 31.6 Å². The Balaban J connectivity index is 1.29. The largest absolute Gasteiger partial charge is 0.394 e. The first-order valence-corrected chi connectivity index (χ1v) is 15.6. The van der Waals surface area contributed by atoms with Crippen molar-refractivity contribution in [3.8, 4) is 0 Å². The molecule has 0 radical (unpaired) electrons. The molecule has 230 valence electrons. The zero-order valence-electron chi connectivity index (χ0n) is 25.3. The molecule has 5 atom stereocenters. The molecule has 1 spiro atoms. The summed E-state index contributed by atoms with van der Waals surface area (Å²) < 4.78 is 22.7. The summed E-state index contributed by atoms with van der Waals surface area (Å²) >= 11 is 0. The number of carbonyl (C=O) groups excluding carboxylic acids is 3. The van der Waals surface area contributed by atoms with E-state index in [0.717, 1.165) is 42.6 Å². The van der Waals surface area contributed by atoms with E-state index in [-0.39, 0.29) is 36.8 Å². The minimum absolute atomic E-state index is 0.0489. The molecule has 3 amide bonds. The second-order valence-electron chi connectivity index (χ2n) is 13.1. The molecule has 3 saturated heterocycles. The van der Waals surface area contributed by atoms with Gasteiger partial charge in [0.15, 0.2) is 5.60 Å². The SMILES string of the molecule is C[C@@H]1[C@@H](C(C)(C)F)[C@H](CC(=O)N2CCC[C@H]2CO)O[C@@]12C(=O)N(Cc1ccc(N3CCCCC3=O)cc1)c1ccccc12. The quantitative estimate of drug-likeness (QED) is 0.504. The van der Waals surface area contributed by atoms with Crippen molar-refractivity contribution in [2.24, 2.45) is 11.8 Å². The van der Waals surface area contributed by atoms with Crippen molar-refractivity contribution in [2.75, 3.05) is 29.5 Å². The highest BCUT2D eigenvalue weighted by atomic mass is 19.1. The van der Waals surface area contributed by atoms with Crippen molar-refractivity contribution in [2.45, 2.75) is 89.3 Å². The molecular formula is C34H42FN3O5. The monoisotopic (exact) mass is 591 g/mol. The van der Waals surface area contributed by atoms with Crippen molar-refractivity contribution in [1.29, 1.82) is 0 Å². The molecule has 1 N–H and O–H groups in total. The highest BCUT2D eigenvalue weighted by Gasteiger charge is 2.66. The van der Waals surface area contributed by atoms with Crippen molar-refractivity contribution in [3.63, 3.8) is 0 Å². The van der Waals surface area contributed by atoms with E-state index in [1.807, 2.05) is 60.4 Å². The number of rotatable bonds is 7. The smallest absolute Gasteiger partial charge is 0.264 e. The molecule has 0 aliphatic carbocycles. The summed E-state index contributed by atoms with van der Waals surface area (Å²) in [6.45, 7) is 6.32. The lowest BCUT2D eigenvalue weighted by Gasteiger charge is -2.33. The maximum Gasteiger partial charge on any atom is 0.264 e. The maximum atomic E-state index is 16.0. The fourth-order valence-corrected chi connectivity index (χ4v) is 8.04. The Hall–Kier alpha value is -3.30. The molecule has 4 aliphatic heterocycles. The summed E-state index contributed by atoms with van der Waals surface area (Å²) in [6.07, 6.45) is 3.16. The average Bonchev–Trinajstić information content (AvgIpc) is 3.64. The Bertz CT molecular complexity index is 1390. The molecule has 4 aliphatic rings. The van der Waals surface area contributed by atoms with Crippen molar-refractivity contribution >= 4 is 29.1 Å². The Kier molecular flexibility index (Phi) is 7.84. The van der Waals surface area contributed by atoms with Crippen LogP contribution in [-0.4, -0.2) is 65.2 Å². The van der Waals surface area contributed by atoms with Gasteiger partial charge in [-0.1, -0.05) is 37.3 Å². The molecule has 9 heteroatoms. The first kappa shape index (κ1) is 29.8. The van der Waals surface area contributed by atoms with Gasteiger partial charge in [0.2, 0.25) is 11.8 Å². The van der Waals surface area contributed by atoms with Gasteiger partial charge in [-0.3, -0.25) is 14.4 Å². The molecule has 43 heavy (non-hydrogen) atoms. The Morgan fingerprint density at radius 2 is 1.81 bits per heavy atom. The van der Waals surface area contributed by atoms with Gasteiger partial charge in [0.1, 0.15) is 5.67 Å². The lowest BCUT2D eigenvalue weighted by molar-refractivity contribution is -0.150. The van der Waals surface area contributed by atoms with E-state index in [2.05, 4.69) is 0 Å². The van der Waals surface area contributed by atoms with Gasteiger partial charge in [-0.2, -0.15) is 0 Å². The number of aliphatic hydroxyl groups is 1. The van der Waals surface area contributed by atoms with Crippen LogP contribution in [0.4, 0.5) is 15.8 Å². The molecule has 0 unspecified atom stereocenters. The zero-order valence-corrected chi connectivity index (χ0v) is 25.3. The summed E-state index contributed by atoms with van der Waals surface area (Å²) in [7, 11) is 0. The van der Waals surface area contributed by atoms with Gasteiger partial charge in [-0.15, -0.1) is 0 Å². The van der Waals surface area contributed by atoms with Crippen LogP contribution in [-0.2, 0) is 31.3 Å². The van der Waals surface area contributed by atoms with Gasteiger partial charge in [0.05, 0.1) is 37.4 Å². The highest BCUT2D eigenvalue weighted by Crippen LogP contribution is 2.58. The number of aliphatic hydroxyl groups excluding tert-OH is 1. The van der Waals surface area contributed by atoms with E-state index in [4.69, 9.17) is 4.74 Å². The van der Waals surface area contributed by atoms with Crippen LogP contribution in [0.5, 0.6) is 0 Å². The van der Waals surface area contributed by atoms with E-state index >= 15 is 4.39 Å². The van der Waals surface area contributed by atoms with Crippen LogP contribution >= 0.6 is 0 Å². The first-order chi connectivity index (χ1) is 20.6. The molecule has 0 saturated carbocycles. The first-order valence-electron chi connectivity index (χ1n) is 15.6. The third-order valence-corrected chi connectivity index (χ3v) is 10.1. The molecule has 2 aromatic rings. The predicted molar refractivity (Wildman–Crippen MR) is 161 cm³/mol. The Morgan fingerprint density at radius 3 is 2.51 bits per heavy atom. The number of hydrogen-bond acceptors (Lipinski definition) is 5. The summed E-state index contributed by atoms with van der Waals surface area (Å²) in [5.74, 6) is -1.54. The lowest BCUT2D eigenvalue weighted by atomic mass is 9.71. The maximum absolute atomic E-state index is 16.0. The summed E-state index contributed by atoms with van der Waals surface area (Å²) in [5.41, 5.74) is 0.0417. The number of halogens is 1. The van der Waals surface area contributed by atoms with E-state index < -0.39 is 29.2 Å². The number of likely N-dealkylation sites (tertiary alicyclic amines) is 1. The number of ether oxygens (including phenoxy) is 1. The minimum atomic E-state index is -1.71. The van der Waals surface area contributed by atoms with Crippen molar-refractivity contribution in [1.82, 2.24) is 4.90 Å². The number of carbonyl (C=O) groups is 3. The number of piperidine rings is 1. The van der Waals surface area contributed by atoms with Crippen LogP contribution in [0.3, 0.4) is 0 Å². The van der Waals surface area contributed by atoms with E-state index in [9.17, 15) is 19.5 Å². The topological polar surface area (TPSA) is 90.4 Å². The van der Waals surface area contributed by atoms with Crippen LogP contribution in [0, 0.1) is 11.8 Å². The molecule has 8 nitrogen and oxygen atoms in total. The number of alkyl halides is 1. The van der Waals surface area contributed by atoms with Crippen LogP contribution < -0.4 is 9.80 Å². The molecule has 0 bridgehead atoms. The second kappa shape index (κ2) is 11.3. The minimum Gasteiger partial charge on any atom is -0.394 e. The predicted octanol–water partition coefficient (Wildman–Crippen LogP) is 4.72.